The minimum atomic E-state index is 0.127. The maximum atomic E-state index is 8.86. The lowest BCUT2D eigenvalue weighted by atomic mass is 9.93. The van der Waals surface area contributed by atoms with Crippen LogP contribution < -0.4 is 0 Å². The molecule has 0 spiro atoms. The molecule has 3 heteroatoms. The van der Waals surface area contributed by atoms with Crippen LogP contribution in [0.2, 0.25) is 0 Å². The number of halogens is 1. The van der Waals surface area contributed by atoms with Gasteiger partial charge in [0.25, 0.3) is 0 Å². The quantitative estimate of drug-likeness (QED) is 0.897. The molecule has 1 atom stereocenters. The third kappa shape index (κ3) is 3.13. The molecular weight excluding hydrogens is 242 g/mol. The van der Waals surface area contributed by atoms with E-state index in [1.807, 2.05) is 24.3 Å². The maximum Gasteiger partial charge on any atom is 0.0628 e. The number of nitriles is 1. The molecule has 0 amide bonds. The van der Waals surface area contributed by atoms with Crippen molar-refractivity contribution in [2.24, 2.45) is 0 Å². The molecule has 1 aromatic rings. The molecule has 0 bridgehead atoms. The highest BCUT2D eigenvalue weighted by Gasteiger charge is 2.09. The average Bonchev–Trinajstić information content (AvgIpc) is 2.19. The molecule has 1 aromatic carbocycles. The summed E-state index contributed by atoms with van der Waals surface area (Å²) in [5.41, 5.74) is 1.11. The molecule has 0 heterocycles. The Morgan fingerprint density at radius 2 is 2.00 bits per heavy atom. The first kappa shape index (κ1) is 11.2. The summed E-state index contributed by atoms with van der Waals surface area (Å²) in [6, 6.07) is 10.0. The van der Waals surface area contributed by atoms with Crippen LogP contribution in [-0.4, -0.2) is 11.7 Å². The van der Waals surface area contributed by atoms with Crippen LogP contribution in [0.15, 0.2) is 28.7 Å². The molecule has 2 nitrogen and oxygen atoms in total. The highest BCUT2D eigenvalue weighted by Crippen LogP contribution is 2.24. The number of aliphatic hydroxyl groups is 1. The highest BCUT2D eigenvalue weighted by atomic mass is 79.9. The SMILES string of the molecule is N#CC[C@@H](CCO)c1ccc(Br)cc1. The Morgan fingerprint density at radius 3 is 2.50 bits per heavy atom. The van der Waals surface area contributed by atoms with Crippen molar-refractivity contribution < 1.29 is 5.11 Å². The predicted molar refractivity (Wildman–Crippen MR) is 58.8 cm³/mol. The minimum absolute atomic E-state index is 0.127. The van der Waals surface area contributed by atoms with Gasteiger partial charge < -0.3 is 5.11 Å². The zero-order valence-corrected chi connectivity index (χ0v) is 9.37. The zero-order chi connectivity index (χ0) is 10.4. The van der Waals surface area contributed by atoms with E-state index in [4.69, 9.17) is 10.4 Å². The Morgan fingerprint density at radius 1 is 1.36 bits per heavy atom. The molecule has 74 valence electrons. The fourth-order valence-corrected chi connectivity index (χ4v) is 1.65. The van der Waals surface area contributed by atoms with Gasteiger partial charge in [0.1, 0.15) is 0 Å². The molecule has 0 aliphatic carbocycles. The van der Waals surface area contributed by atoms with Crippen LogP contribution >= 0.6 is 15.9 Å². The van der Waals surface area contributed by atoms with Gasteiger partial charge in [-0.25, -0.2) is 0 Å². The highest BCUT2D eigenvalue weighted by molar-refractivity contribution is 9.10. The summed E-state index contributed by atoms with van der Waals surface area (Å²) in [6.07, 6.45) is 1.11. The van der Waals surface area contributed by atoms with Crippen molar-refractivity contribution in [2.45, 2.75) is 18.8 Å². The van der Waals surface area contributed by atoms with E-state index >= 15 is 0 Å². The summed E-state index contributed by atoms with van der Waals surface area (Å²) in [4.78, 5) is 0. The Hall–Kier alpha value is -0.850. The van der Waals surface area contributed by atoms with Crippen molar-refractivity contribution in [3.05, 3.63) is 34.3 Å². The summed E-state index contributed by atoms with van der Waals surface area (Å²) < 4.78 is 1.03. The van der Waals surface area contributed by atoms with Crippen LogP contribution in [0.5, 0.6) is 0 Å². The molecule has 0 aliphatic rings. The van der Waals surface area contributed by atoms with Crippen molar-refractivity contribution in [2.75, 3.05) is 6.61 Å². The topological polar surface area (TPSA) is 44.0 Å². The fourth-order valence-electron chi connectivity index (χ4n) is 1.39. The largest absolute Gasteiger partial charge is 0.396 e. The average molecular weight is 254 g/mol. The summed E-state index contributed by atoms with van der Waals surface area (Å²) in [5.74, 6) is 0.151. The van der Waals surface area contributed by atoms with Crippen molar-refractivity contribution in [3.63, 3.8) is 0 Å². The van der Waals surface area contributed by atoms with Gasteiger partial charge in [0.05, 0.1) is 6.07 Å². The number of hydrogen-bond acceptors (Lipinski definition) is 2. The lowest BCUT2D eigenvalue weighted by Crippen LogP contribution is -2.00. The normalized spacial score (nSPS) is 12.1. The van der Waals surface area contributed by atoms with Gasteiger partial charge in [-0.1, -0.05) is 28.1 Å². The molecule has 1 rings (SSSR count). The molecule has 0 saturated heterocycles. The summed E-state index contributed by atoms with van der Waals surface area (Å²) in [7, 11) is 0. The van der Waals surface area contributed by atoms with E-state index in [9.17, 15) is 0 Å². The summed E-state index contributed by atoms with van der Waals surface area (Å²) >= 11 is 3.36. The van der Waals surface area contributed by atoms with Gasteiger partial charge in [0, 0.05) is 17.5 Å². The molecule has 0 aromatic heterocycles. The predicted octanol–water partition coefficient (Wildman–Crippen LogP) is 2.83. The monoisotopic (exact) mass is 253 g/mol. The Balaban J connectivity index is 2.77. The molecule has 0 unspecified atom stereocenters. The molecule has 0 aliphatic heterocycles. The van der Waals surface area contributed by atoms with Crippen molar-refractivity contribution >= 4 is 15.9 Å². The third-order valence-electron chi connectivity index (χ3n) is 2.16. The molecule has 14 heavy (non-hydrogen) atoms. The fraction of sp³-hybridized carbons (Fsp3) is 0.364. The standard InChI is InChI=1S/C11H12BrNO/c12-11-3-1-9(2-4-11)10(5-7-13)6-8-14/h1-4,10,14H,5-6,8H2/t10-/m0/s1. The van der Waals surface area contributed by atoms with Crippen molar-refractivity contribution in [1.29, 1.82) is 5.26 Å². The van der Waals surface area contributed by atoms with Crippen LogP contribution in [0.1, 0.15) is 24.3 Å². The van der Waals surface area contributed by atoms with Gasteiger partial charge in [-0.05, 0) is 30.0 Å². The Kier molecular flexibility index (Phi) is 4.64. The Labute approximate surface area is 92.3 Å². The minimum Gasteiger partial charge on any atom is -0.396 e. The van der Waals surface area contributed by atoms with E-state index in [1.54, 1.807) is 0 Å². The van der Waals surface area contributed by atoms with E-state index in [-0.39, 0.29) is 12.5 Å². The number of aliphatic hydroxyl groups excluding tert-OH is 1. The van der Waals surface area contributed by atoms with Gasteiger partial charge in [-0.15, -0.1) is 0 Å². The van der Waals surface area contributed by atoms with Gasteiger partial charge in [0.15, 0.2) is 0 Å². The number of benzene rings is 1. The summed E-state index contributed by atoms with van der Waals surface area (Å²) in [5, 5.41) is 17.5. The van der Waals surface area contributed by atoms with E-state index in [0.29, 0.717) is 12.8 Å². The van der Waals surface area contributed by atoms with Crippen LogP contribution in [0, 0.1) is 11.3 Å². The molecule has 0 fully saturated rings. The third-order valence-corrected chi connectivity index (χ3v) is 2.69. The van der Waals surface area contributed by atoms with Crippen LogP contribution in [-0.2, 0) is 0 Å². The van der Waals surface area contributed by atoms with Gasteiger partial charge in [-0.2, -0.15) is 5.26 Å². The van der Waals surface area contributed by atoms with Crippen molar-refractivity contribution in [1.82, 2.24) is 0 Å². The van der Waals surface area contributed by atoms with Crippen LogP contribution in [0.3, 0.4) is 0 Å². The van der Waals surface area contributed by atoms with Crippen LogP contribution in [0.4, 0.5) is 0 Å². The first-order chi connectivity index (χ1) is 6.77. The van der Waals surface area contributed by atoms with Crippen LogP contribution in [0.25, 0.3) is 0 Å². The number of hydrogen-bond donors (Lipinski definition) is 1. The van der Waals surface area contributed by atoms with Crippen molar-refractivity contribution in [3.8, 4) is 6.07 Å². The second-order valence-corrected chi connectivity index (χ2v) is 4.04. The number of rotatable bonds is 4. The first-order valence-electron chi connectivity index (χ1n) is 4.51. The molecule has 1 N–H and O–H groups in total. The maximum absolute atomic E-state index is 8.86. The molecule has 0 saturated carbocycles. The van der Waals surface area contributed by atoms with Gasteiger partial charge in [0.2, 0.25) is 0 Å². The molecule has 0 radical (unpaired) electrons. The summed E-state index contributed by atoms with van der Waals surface area (Å²) in [6.45, 7) is 0.127. The number of nitrogens with zero attached hydrogens (tertiary/aromatic N) is 1. The second-order valence-electron chi connectivity index (χ2n) is 3.12. The lowest BCUT2D eigenvalue weighted by Gasteiger charge is -2.12. The smallest absolute Gasteiger partial charge is 0.0628 e. The van der Waals surface area contributed by atoms with E-state index in [2.05, 4.69) is 22.0 Å². The van der Waals surface area contributed by atoms with E-state index in [0.717, 1.165) is 10.0 Å². The zero-order valence-electron chi connectivity index (χ0n) is 7.78. The first-order valence-corrected chi connectivity index (χ1v) is 5.30. The molecular formula is C11H12BrNO. The lowest BCUT2D eigenvalue weighted by molar-refractivity contribution is 0.276. The second kappa shape index (κ2) is 5.79. The van der Waals surface area contributed by atoms with E-state index < -0.39 is 0 Å². The van der Waals surface area contributed by atoms with Gasteiger partial charge >= 0.3 is 0 Å². The van der Waals surface area contributed by atoms with Gasteiger partial charge in [-0.3, -0.25) is 0 Å². The van der Waals surface area contributed by atoms with E-state index in [1.165, 1.54) is 0 Å². The Bertz CT molecular complexity index is 315.